The Kier molecular flexibility index (Phi) is 7.70. The van der Waals surface area contributed by atoms with Gasteiger partial charge in [0.05, 0.1) is 25.5 Å². The molecular formula is C32H30N2O6. The SMILES string of the molecule is COc1ccc(-c2c(C(=O)Nc3ccccc3)c(C)n(CCC3=CC(=O)OC3O)c2-c2ccc(OC)cc2)cc1. The molecule has 8 heteroatoms. The molecule has 5 rings (SSSR count). The van der Waals surface area contributed by atoms with Gasteiger partial charge in [-0.1, -0.05) is 30.3 Å². The van der Waals surface area contributed by atoms with E-state index in [9.17, 15) is 14.7 Å². The smallest absolute Gasteiger partial charge is 0.333 e. The van der Waals surface area contributed by atoms with Crippen LogP contribution < -0.4 is 14.8 Å². The molecule has 2 heterocycles. The van der Waals surface area contributed by atoms with E-state index in [-0.39, 0.29) is 5.91 Å². The third-order valence-corrected chi connectivity index (χ3v) is 7.00. The standard InChI is InChI=1S/C32H30N2O6/c1-20-28(31(36)33-24-7-5-4-6-8-24)29(21-9-13-25(38-2)14-10-21)30(22-11-15-26(39-3)16-12-22)34(20)18-17-23-19-27(35)40-32(23)37/h4-16,19,32,37H,17-18H2,1-3H3,(H,33,36). The van der Waals surface area contributed by atoms with Crippen molar-refractivity contribution in [2.45, 2.75) is 26.2 Å². The van der Waals surface area contributed by atoms with E-state index in [4.69, 9.17) is 14.2 Å². The molecule has 1 aliphatic rings. The fourth-order valence-electron chi connectivity index (χ4n) is 4.98. The van der Waals surface area contributed by atoms with Gasteiger partial charge in [0.1, 0.15) is 11.5 Å². The number of para-hydroxylation sites is 1. The number of anilines is 1. The lowest BCUT2D eigenvalue weighted by Gasteiger charge is -2.15. The summed E-state index contributed by atoms with van der Waals surface area (Å²) in [7, 11) is 3.22. The first-order valence-electron chi connectivity index (χ1n) is 12.9. The van der Waals surface area contributed by atoms with Crippen LogP contribution in [0, 0.1) is 6.92 Å². The molecule has 40 heavy (non-hydrogen) atoms. The van der Waals surface area contributed by atoms with Crippen LogP contribution in [0.4, 0.5) is 5.69 Å². The molecule has 0 saturated heterocycles. The maximum absolute atomic E-state index is 13.9. The van der Waals surface area contributed by atoms with Crippen molar-refractivity contribution in [3.63, 3.8) is 0 Å². The fourth-order valence-corrected chi connectivity index (χ4v) is 4.98. The summed E-state index contributed by atoms with van der Waals surface area (Å²) in [6, 6.07) is 24.5. The van der Waals surface area contributed by atoms with Crippen LogP contribution in [0.25, 0.3) is 22.4 Å². The van der Waals surface area contributed by atoms with Crippen molar-refractivity contribution in [1.29, 1.82) is 0 Å². The van der Waals surface area contributed by atoms with Crippen molar-refractivity contribution in [3.05, 3.63) is 102 Å². The molecule has 204 valence electrons. The molecule has 1 unspecified atom stereocenters. The van der Waals surface area contributed by atoms with Crippen molar-refractivity contribution < 1.29 is 28.9 Å². The average Bonchev–Trinajstić information content (AvgIpc) is 3.46. The molecule has 1 atom stereocenters. The molecule has 4 aromatic rings. The van der Waals surface area contributed by atoms with Gasteiger partial charge in [0.2, 0.25) is 6.29 Å². The molecule has 3 aromatic carbocycles. The van der Waals surface area contributed by atoms with Crippen LogP contribution in [-0.4, -0.2) is 42.1 Å². The van der Waals surface area contributed by atoms with Crippen molar-refractivity contribution in [1.82, 2.24) is 4.57 Å². The summed E-state index contributed by atoms with van der Waals surface area (Å²) in [6.07, 6.45) is 0.409. The molecule has 0 radical (unpaired) electrons. The van der Waals surface area contributed by atoms with Gasteiger partial charge in [-0.25, -0.2) is 4.79 Å². The van der Waals surface area contributed by atoms with E-state index in [2.05, 4.69) is 9.88 Å². The number of hydrogen-bond acceptors (Lipinski definition) is 6. The number of carbonyl (C=O) groups excluding carboxylic acids is 2. The Morgan fingerprint density at radius 2 is 1.52 bits per heavy atom. The number of nitrogens with one attached hydrogen (secondary N) is 1. The summed E-state index contributed by atoms with van der Waals surface area (Å²) in [5.41, 5.74) is 5.72. The fraction of sp³-hybridized carbons (Fsp3) is 0.188. The number of nitrogens with zero attached hydrogens (tertiary/aromatic N) is 1. The van der Waals surface area contributed by atoms with E-state index in [0.29, 0.717) is 41.3 Å². The van der Waals surface area contributed by atoms with E-state index in [0.717, 1.165) is 28.1 Å². The zero-order valence-electron chi connectivity index (χ0n) is 22.5. The minimum Gasteiger partial charge on any atom is -0.497 e. The number of amides is 1. The molecule has 0 bridgehead atoms. The number of aromatic nitrogens is 1. The third-order valence-electron chi connectivity index (χ3n) is 7.00. The van der Waals surface area contributed by atoms with Crippen LogP contribution >= 0.6 is 0 Å². The van der Waals surface area contributed by atoms with Gasteiger partial charge in [-0.15, -0.1) is 0 Å². The lowest BCUT2D eigenvalue weighted by molar-refractivity contribution is -0.151. The van der Waals surface area contributed by atoms with Gasteiger partial charge in [-0.05, 0) is 73.0 Å². The van der Waals surface area contributed by atoms with Gasteiger partial charge < -0.3 is 29.2 Å². The Balaban J connectivity index is 1.70. The van der Waals surface area contributed by atoms with Gasteiger partial charge in [-0.3, -0.25) is 4.79 Å². The van der Waals surface area contributed by atoms with Gasteiger partial charge in [0.25, 0.3) is 5.91 Å². The molecule has 0 fully saturated rings. The zero-order chi connectivity index (χ0) is 28.2. The molecular weight excluding hydrogens is 508 g/mol. The van der Waals surface area contributed by atoms with Crippen molar-refractivity contribution in [3.8, 4) is 33.9 Å². The summed E-state index contributed by atoms with van der Waals surface area (Å²) >= 11 is 0. The summed E-state index contributed by atoms with van der Waals surface area (Å²) in [4.78, 5) is 25.6. The van der Waals surface area contributed by atoms with Crippen molar-refractivity contribution in [2.24, 2.45) is 0 Å². The summed E-state index contributed by atoms with van der Waals surface area (Å²) in [5, 5.41) is 13.2. The molecule has 0 saturated carbocycles. The molecule has 1 aromatic heterocycles. The number of hydrogen-bond donors (Lipinski definition) is 2. The Morgan fingerprint density at radius 1 is 0.925 bits per heavy atom. The topological polar surface area (TPSA) is 99.0 Å². The van der Waals surface area contributed by atoms with E-state index in [1.165, 1.54) is 6.08 Å². The Bertz CT molecular complexity index is 1550. The molecule has 1 amide bonds. The van der Waals surface area contributed by atoms with Crippen LogP contribution in [-0.2, 0) is 16.1 Å². The molecule has 2 N–H and O–H groups in total. The van der Waals surface area contributed by atoms with Crippen LogP contribution in [0.1, 0.15) is 22.5 Å². The predicted molar refractivity (Wildman–Crippen MR) is 152 cm³/mol. The third kappa shape index (κ3) is 5.34. The largest absolute Gasteiger partial charge is 0.497 e. The number of cyclic esters (lactones) is 1. The number of benzene rings is 3. The number of rotatable bonds is 9. The van der Waals surface area contributed by atoms with Crippen LogP contribution in [0.5, 0.6) is 11.5 Å². The monoisotopic (exact) mass is 538 g/mol. The summed E-state index contributed by atoms with van der Waals surface area (Å²) in [6.45, 7) is 2.30. The Hall–Kier alpha value is -4.82. The highest BCUT2D eigenvalue weighted by molar-refractivity contribution is 6.12. The van der Waals surface area contributed by atoms with Gasteiger partial charge >= 0.3 is 5.97 Å². The number of methoxy groups -OCH3 is 2. The van der Waals surface area contributed by atoms with Crippen LogP contribution in [0.15, 0.2) is 90.5 Å². The average molecular weight is 539 g/mol. The van der Waals surface area contributed by atoms with Gasteiger partial charge in [-0.2, -0.15) is 0 Å². The zero-order valence-corrected chi connectivity index (χ0v) is 22.5. The van der Waals surface area contributed by atoms with Crippen LogP contribution in [0.3, 0.4) is 0 Å². The van der Waals surface area contributed by atoms with E-state index in [1.54, 1.807) is 14.2 Å². The summed E-state index contributed by atoms with van der Waals surface area (Å²) in [5.74, 6) is 0.597. The number of aliphatic hydroxyl groups is 1. The second kappa shape index (κ2) is 11.5. The van der Waals surface area contributed by atoms with Gasteiger partial charge in [0, 0.05) is 35.1 Å². The van der Waals surface area contributed by atoms with E-state index in [1.807, 2.05) is 85.8 Å². The van der Waals surface area contributed by atoms with Crippen LogP contribution in [0.2, 0.25) is 0 Å². The number of ether oxygens (including phenoxy) is 3. The number of aliphatic hydroxyl groups excluding tert-OH is 1. The quantitative estimate of drug-likeness (QED) is 0.270. The second-order valence-corrected chi connectivity index (χ2v) is 9.37. The summed E-state index contributed by atoms with van der Waals surface area (Å²) < 4.78 is 17.7. The lowest BCUT2D eigenvalue weighted by atomic mass is 9.96. The maximum atomic E-state index is 13.9. The van der Waals surface area contributed by atoms with E-state index >= 15 is 0 Å². The van der Waals surface area contributed by atoms with Crippen molar-refractivity contribution >= 4 is 17.6 Å². The highest BCUT2D eigenvalue weighted by Gasteiger charge is 2.29. The number of esters is 1. The molecule has 0 aliphatic carbocycles. The Morgan fingerprint density at radius 3 is 2.08 bits per heavy atom. The van der Waals surface area contributed by atoms with Gasteiger partial charge in [0.15, 0.2) is 0 Å². The minimum atomic E-state index is -1.27. The number of carbonyl (C=O) groups is 2. The first kappa shape index (κ1) is 26.8. The highest BCUT2D eigenvalue weighted by Crippen LogP contribution is 2.41. The maximum Gasteiger partial charge on any atom is 0.333 e. The first-order valence-corrected chi connectivity index (χ1v) is 12.9. The Labute approximate surface area is 232 Å². The van der Waals surface area contributed by atoms with Crippen molar-refractivity contribution in [2.75, 3.05) is 19.5 Å². The highest BCUT2D eigenvalue weighted by atomic mass is 16.6. The second-order valence-electron chi connectivity index (χ2n) is 9.37. The molecule has 8 nitrogen and oxygen atoms in total. The minimum absolute atomic E-state index is 0.248. The molecule has 0 spiro atoms. The van der Waals surface area contributed by atoms with E-state index < -0.39 is 12.3 Å². The lowest BCUT2D eigenvalue weighted by Crippen LogP contribution is -2.15. The normalized spacial score (nSPS) is 14.4. The molecule has 1 aliphatic heterocycles. The first-order chi connectivity index (χ1) is 19.4. The predicted octanol–water partition coefficient (Wildman–Crippen LogP) is 5.59.